The number of hydrogen-bond acceptors (Lipinski definition) is 7. The number of aromatic amines is 1. The molecule has 0 bridgehead atoms. The Morgan fingerprint density at radius 3 is 2.78 bits per heavy atom. The van der Waals surface area contributed by atoms with Gasteiger partial charge in [0.1, 0.15) is 12.2 Å². The first-order valence-electron chi connectivity index (χ1n) is 8.44. The Labute approximate surface area is 153 Å². The van der Waals surface area contributed by atoms with Crippen molar-refractivity contribution in [2.45, 2.75) is 19.5 Å². The number of para-hydroxylation sites is 1. The predicted octanol–water partition coefficient (Wildman–Crippen LogP) is 1.69. The molecule has 0 aliphatic carbocycles. The van der Waals surface area contributed by atoms with E-state index in [2.05, 4.69) is 24.8 Å². The highest BCUT2D eigenvalue weighted by molar-refractivity contribution is 5.52. The van der Waals surface area contributed by atoms with E-state index in [1.54, 1.807) is 30.6 Å². The van der Waals surface area contributed by atoms with Crippen LogP contribution in [0.2, 0.25) is 0 Å². The first-order chi connectivity index (χ1) is 13.1. The molecule has 0 fully saturated rings. The molecule has 3 heterocycles. The normalized spacial score (nSPS) is 13.9. The Morgan fingerprint density at radius 2 is 2.00 bits per heavy atom. The molecule has 4 rings (SSSR count). The third kappa shape index (κ3) is 3.44. The molecular formula is C18H16N6O3. The van der Waals surface area contributed by atoms with Crippen LogP contribution in [0.5, 0.6) is 0 Å². The Hall–Kier alpha value is -3.46. The van der Waals surface area contributed by atoms with Gasteiger partial charge in [0, 0.05) is 49.2 Å². The number of H-pyrrole nitrogens is 1. The molecule has 27 heavy (non-hydrogen) atoms. The third-order valence-corrected chi connectivity index (χ3v) is 4.57. The maximum atomic E-state index is 12.4. The molecule has 1 aliphatic heterocycles. The van der Waals surface area contributed by atoms with Gasteiger partial charge >= 0.3 is 0 Å². The number of nitro groups is 1. The summed E-state index contributed by atoms with van der Waals surface area (Å²) in [5.41, 5.74) is 2.56. The SMILES string of the molecule is O=c1[nH]c(-c2cncnc2)nc2c1CCN(Cc1ccccc1[N+](=O)[O-])C2. The fourth-order valence-corrected chi connectivity index (χ4v) is 3.25. The van der Waals surface area contributed by atoms with E-state index in [1.807, 2.05) is 0 Å². The molecule has 1 N–H and O–H groups in total. The number of aromatic nitrogens is 4. The second kappa shape index (κ2) is 7.04. The predicted molar refractivity (Wildman–Crippen MR) is 96.8 cm³/mol. The molecule has 0 amide bonds. The monoisotopic (exact) mass is 364 g/mol. The number of nitrogens with one attached hydrogen (secondary N) is 1. The van der Waals surface area contributed by atoms with Crippen LogP contribution in [-0.2, 0) is 19.5 Å². The molecule has 0 spiro atoms. The van der Waals surface area contributed by atoms with Gasteiger partial charge in [-0.1, -0.05) is 18.2 Å². The van der Waals surface area contributed by atoms with Crippen molar-refractivity contribution >= 4 is 5.69 Å². The highest BCUT2D eigenvalue weighted by Gasteiger charge is 2.23. The summed E-state index contributed by atoms with van der Waals surface area (Å²) in [6.07, 6.45) is 5.13. The first kappa shape index (κ1) is 17.0. The third-order valence-electron chi connectivity index (χ3n) is 4.57. The van der Waals surface area contributed by atoms with Crippen LogP contribution >= 0.6 is 0 Å². The zero-order valence-electron chi connectivity index (χ0n) is 14.3. The molecule has 9 heteroatoms. The molecule has 0 unspecified atom stereocenters. The summed E-state index contributed by atoms with van der Waals surface area (Å²) in [5.74, 6) is 0.423. The van der Waals surface area contributed by atoms with Crippen LogP contribution in [0, 0.1) is 10.1 Å². The van der Waals surface area contributed by atoms with Crippen molar-refractivity contribution in [3.8, 4) is 11.4 Å². The van der Waals surface area contributed by atoms with E-state index in [1.165, 1.54) is 12.4 Å². The van der Waals surface area contributed by atoms with Crippen LogP contribution in [0.25, 0.3) is 11.4 Å². The molecule has 3 aromatic rings. The van der Waals surface area contributed by atoms with Gasteiger partial charge in [0.05, 0.1) is 16.2 Å². The second-order valence-electron chi connectivity index (χ2n) is 6.31. The van der Waals surface area contributed by atoms with Crippen molar-refractivity contribution in [2.24, 2.45) is 0 Å². The highest BCUT2D eigenvalue weighted by Crippen LogP contribution is 2.23. The average Bonchev–Trinajstić information content (AvgIpc) is 2.68. The topological polar surface area (TPSA) is 118 Å². The van der Waals surface area contributed by atoms with Gasteiger partial charge in [-0.15, -0.1) is 0 Å². The smallest absolute Gasteiger partial charge is 0.273 e. The maximum absolute atomic E-state index is 12.4. The van der Waals surface area contributed by atoms with E-state index >= 15 is 0 Å². The summed E-state index contributed by atoms with van der Waals surface area (Å²) in [6, 6.07) is 6.70. The van der Waals surface area contributed by atoms with Gasteiger partial charge in [0.2, 0.25) is 0 Å². The molecule has 0 saturated heterocycles. The Morgan fingerprint density at radius 1 is 1.22 bits per heavy atom. The minimum Gasteiger partial charge on any atom is -0.306 e. The van der Waals surface area contributed by atoms with Crippen LogP contribution in [0.15, 0.2) is 47.8 Å². The number of nitro benzene ring substituents is 1. The molecule has 0 atom stereocenters. The number of benzene rings is 1. The van der Waals surface area contributed by atoms with Crippen LogP contribution in [0.4, 0.5) is 5.69 Å². The first-order valence-corrected chi connectivity index (χ1v) is 8.44. The lowest BCUT2D eigenvalue weighted by atomic mass is 10.0. The van der Waals surface area contributed by atoms with Gasteiger partial charge in [0.25, 0.3) is 11.2 Å². The molecule has 1 aliphatic rings. The summed E-state index contributed by atoms with van der Waals surface area (Å²) in [5, 5.41) is 11.2. The summed E-state index contributed by atoms with van der Waals surface area (Å²) in [4.78, 5) is 40.6. The van der Waals surface area contributed by atoms with Crippen LogP contribution < -0.4 is 5.56 Å². The molecule has 0 radical (unpaired) electrons. The Kier molecular flexibility index (Phi) is 4.43. The summed E-state index contributed by atoms with van der Waals surface area (Å²) in [6.45, 7) is 1.51. The zero-order chi connectivity index (χ0) is 18.8. The molecular weight excluding hydrogens is 348 g/mol. The van der Waals surface area contributed by atoms with E-state index in [9.17, 15) is 14.9 Å². The van der Waals surface area contributed by atoms with Crippen molar-refractivity contribution in [3.63, 3.8) is 0 Å². The van der Waals surface area contributed by atoms with Gasteiger partial charge in [0.15, 0.2) is 0 Å². The zero-order valence-corrected chi connectivity index (χ0v) is 14.3. The van der Waals surface area contributed by atoms with Gasteiger partial charge < -0.3 is 4.98 Å². The standard InChI is InChI=1S/C18H16N6O3/c25-18-14-5-6-23(9-12-3-1-2-4-16(12)24(26)27)10-15(14)21-17(22-18)13-7-19-11-20-8-13/h1-4,7-8,11H,5-6,9-10H2,(H,21,22,25). The van der Waals surface area contributed by atoms with Crippen molar-refractivity contribution in [3.05, 3.63) is 80.3 Å². The number of rotatable bonds is 4. The van der Waals surface area contributed by atoms with Crippen LogP contribution in [0.1, 0.15) is 16.8 Å². The van der Waals surface area contributed by atoms with Crippen LogP contribution in [0.3, 0.4) is 0 Å². The lowest BCUT2D eigenvalue weighted by Crippen LogP contribution is -2.35. The summed E-state index contributed by atoms with van der Waals surface area (Å²) in [7, 11) is 0. The Bertz CT molecular complexity index is 1050. The largest absolute Gasteiger partial charge is 0.306 e. The number of hydrogen-bond donors (Lipinski definition) is 1. The molecule has 9 nitrogen and oxygen atoms in total. The van der Waals surface area contributed by atoms with Crippen molar-refractivity contribution in [1.29, 1.82) is 0 Å². The molecule has 1 aromatic carbocycles. The molecule has 136 valence electrons. The fraction of sp³-hybridized carbons (Fsp3) is 0.222. The minimum absolute atomic E-state index is 0.101. The van der Waals surface area contributed by atoms with Gasteiger partial charge in [-0.3, -0.25) is 19.8 Å². The van der Waals surface area contributed by atoms with Crippen molar-refractivity contribution < 1.29 is 4.92 Å². The second-order valence-corrected chi connectivity index (χ2v) is 6.31. The Balaban J connectivity index is 1.62. The van der Waals surface area contributed by atoms with Gasteiger partial charge in [-0.25, -0.2) is 15.0 Å². The molecule has 0 saturated carbocycles. The van der Waals surface area contributed by atoms with E-state index in [4.69, 9.17) is 0 Å². The van der Waals surface area contributed by atoms with Crippen molar-refractivity contribution in [2.75, 3.05) is 6.54 Å². The van der Waals surface area contributed by atoms with E-state index in [-0.39, 0.29) is 16.2 Å². The lowest BCUT2D eigenvalue weighted by Gasteiger charge is -2.27. The molecule has 2 aromatic heterocycles. The van der Waals surface area contributed by atoms with E-state index < -0.39 is 0 Å². The average molecular weight is 364 g/mol. The quantitative estimate of drug-likeness (QED) is 0.553. The summed E-state index contributed by atoms with van der Waals surface area (Å²) >= 11 is 0. The summed E-state index contributed by atoms with van der Waals surface area (Å²) < 4.78 is 0. The van der Waals surface area contributed by atoms with Crippen LogP contribution in [-0.4, -0.2) is 36.3 Å². The van der Waals surface area contributed by atoms with Gasteiger partial charge in [-0.2, -0.15) is 0 Å². The maximum Gasteiger partial charge on any atom is 0.273 e. The van der Waals surface area contributed by atoms with Gasteiger partial charge in [-0.05, 0) is 6.42 Å². The van der Waals surface area contributed by atoms with Crippen molar-refractivity contribution in [1.82, 2.24) is 24.8 Å². The number of fused-ring (bicyclic) bond motifs is 1. The number of nitrogens with zero attached hydrogens (tertiary/aromatic N) is 5. The lowest BCUT2D eigenvalue weighted by molar-refractivity contribution is -0.385. The highest BCUT2D eigenvalue weighted by atomic mass is 16.6. The minimum atomic E-state index is -0.371. The van der Waals surface area contributed by atoms with E-state index in [0.29, 0.717) is 54.3 Å². The fourth-order valence-electron chi connectivity index (χ4n) is 3.25. The van der Waals surface area contributed by atoms with E-state index in [0.717, 1.165) is 0 Å².